The van der Waals surface area contributed by atoms with Gasteiger partial charge in [0.05, 0.1) is 5.69 Å². The highest BCUT2D eigenvalue weighted by molar-refractivity contribution is 5.91. The Bertz CT molecular complexity index is 755. The van der Waals surface area contributed by atoms with Crippen LogP contribution in [0.3, 0.4) is 0 Å². The molecule has 0 aliphatic carbocycles. The molecule has 0 saturated carbocycles. The number of anilines is 2. The van der Waals surface area contributed by atoms with Crippen LogP contribution in [0.4, 0.5) is 15.8 Å². The molecule has 3 N–H and O–H groups in total. The van der Waals surface area contributed by atoms with Crippen LogP contribution in [0.25, 0.3) is 0 Å². The predicted octanol–water partition coefficient (Wildman–Crippen LogP) is 1.22. The summed E-state index contributed by atoms with van der Waals surface area (Å²) in [5, 5.41) is 2.39. The number of hydrogen-bond acceptors (Lipinski definition) is 4. The van der Waals surface area contributed by atoms with E-state index in [-0.39, 0.29) is 17.8 Å². The van der Waals surface area contributed by atoms with Gasteiger partial charge in [-0.05, 0) is 32.0 Å². The van der Waals surface area contributed by atoms with Gasteiger partial charge in [-0.15, -0.1) is 0 Å². The average Bonchev–Trinajstić information content (AvgIpc) is 2.38. The highest BCUT2D eigenvalue weighted by Crippen LogP contribution is 2.17. The molecule has 0 aliphatic heterocycles. The maximum absolute atomic E-state index is 13.5. The molecule has 2 aromatic rings. The molecule has 1 aromatic carbocycles. The number of aromatic nitrogens is 2. The van der Waals surface area contributed by atoms with E-state index in [2.05, 4.69) is 10.3 Å². The van der Waals surface area contributed by atoms with Crippen molar-refractivity contribution in [2.45, 2.75) is 20.4 Å². The number of carbonyl (C=O) groups excluding carboxylic acids is 1. The third kappa shape index (κ3) is 3.44. The van der Waals surface area contributed by atoms with Crippen LogP contribution in [0.5, 0.6) is 0 Å². The van der Waals surface area contributed by atoms with E-state index in [1.54, 1.807) is 13.8 Å². The molecule has 7 heteroatoms. The molecule has 2 rings (SSSR count). The van der Waals surface area contributed by atoms with E-state index >= 15 is 0 Å². The number of amides is 1. The van der Waals surface area contributed by atoms with Crippen molar-refractivity contribution < 1.29 is 9.18 Å². The van der Waals surface area contributed by atoms with Crippen LogP contribution >= 0.6 is 0 Å². The number of rotatable bonds is 3. The first-order valence-electron chi connectivity index (χ1n) is 6.27. The van der Waals surface area contributed by atoms with E-state index in [0.29, 0.717) is 17.2 Å². The first-order valence-corrected chi connectivity index (χ1v) is 6.27. The Hall–Kier alpha value is -2.70. The van der Waals surface area contributed by atoms with Crippen LogP contribution in [-0.2, 0) is 11.3 Å². The number of nitrogen functional groups attached to an aromatic ring is 1. The van der Waals surface area contributed by atoms with Crippen molar-refractivity contribution in [3.8, 4) is 0 Å². The molecule has 1 amide bonds. The summed E-state index contributed by atoms with van der Waals surface area (Å²) in [5.41, 5.74) is 6.09. The summed E-state index contributed by atoms with van der Waals surface area (Å²) in [4.78, 5) is 27.9. The van der Waals surface area contributed by atoms with Crippen LogP contribution in [0.15, 0.2) is 29.1 Å². The number of nitrogens with zero attached hydrogens (tertiary/aromatic N) is 2. The van der Waals surface area contributed by atoms with Gasteiger partial charge in [0.15, 0.2) is 0 Å². The minimum atomic E-state index is -0.594. The topological polar surface area (TPSA) is 90.0 Å². The SMILES string of the molecule is Cc1cc(=O)n(CC(=O)Nc2cc(N)ccc2F)c(C)n1. The Labute approximate surface area is 120 Å². The Morgan fingerprint density at radius 3 is 2.76 bits per heavy atom. The number of nitrogens with one attached hydrogen (secondary N) is 1. The van der Waals surface area contributed by atoms with Gasteiger partial charge in [-0.25, -0.2) is 9.37 Å². The minimum Gasteiger partial charge on any atom is -0.399 e. The van der Waals surface area contributed by atoms with Gasteiger partial charge in [0.1, 0.15) is 18.2 Å². The fraction of sp³-hybridized carbons (Fsp3) is 0.214. The van der Waals surface area contributed by atoms with Gasteiger partial charge in [-0.3, -0.25) is 14.2 Å². The lowest BCUT2D eigenvalue weighted by atomic mass is 10.2. The smallest absolute Gasteiger partial charge is 0.254 e. The fourth-order valence-corrected chi connectivity index (χ4v) is 1.93. The molecule has 1 heterocycles. The molecule has 0 bridgehead atoms. The molecule has 0 fully saturated rings. The molecule has 110 valence electrons. The largest absolute Gasteiger partial charge is 0.399 e. The zero-order chi connectivity index (χ0) is 15.6. The highest BCUT2D eigenvalue weighted by atomic mass is 19.1. The maximum Gasteiger partial charge on any atom is 0.254 e. The molecule has 0 spiro atoms. The summed E-state index contributed by atoms with van der Waals surface area (Å²) in [6, 6.07) is 5.21. The van der Waals surface area contributed by atoms with Crippen molar-refractivity contribution in [2.24, 2.45) is 0 Å². The van der Waals surface area contributed by atoms with Gasteiger partial charge in [-0.2, -0.15) is 0 Å². The lowest BCUT2D eigenvalue weighted by Crippen LogP contribution is -2.30. The van der Waals surface area contributed by atoms with Crippen LogP contribution in [-0.4, -0.2) is 15.5 Å². The number of halogens is 1. The Morgan fingerprint density at radius 2 is 2.10 bits per heavy atom. The van der Waals surface area contributed by atoms with Crippen LogP contribution in [0.2, 0.25) is 0 Å². The predicted molar refractivity (Wildman–Crippen MR) is 77.4 cm³/mol. The number of carbonyl (C=O) groups is 1. The molecule has 0 unspecified atom stereocenters. The summed E-state index contributed by atoms with van der Waals surface area (Å²) in [7, 11) is 0. The second kappa shape index (κ2) is 5.74. The van der Waals surface area contributed by atoms with E-state index in [9.17, 15) is 14.0 Å². The van der Waals surface area contributed by atoms with Crippen molar-refractivity contribution in [1.82, 2.24) is 9.55 Å². The van der Waals surface area contributed by atoms with E-state index in [1.165, 1.54) is 22.8 Å². The quantitative estimate of drug-likeness (QED) is 0.832. The maximum atomic E-state index is 13.5. The molecule has 0 aliphatic rings. The van der Waals surface area contributed by atoms with Crippen molar-refractivity contribution >= 4 is 17.3 Å². The van der Waals surface area contributed by atoms with E-state index in [1.807, 2.05) is 0 Å². The molecule has 6 nitrogen and oxygen atoms in total. The second-order valence-corrected chi connectivity index (χ2v) is 4.66. The molecule has 21 heavy (non-hydrogen) atoms. The minimum absolute atomic E-state index is 0.0224. The normalized spacial score (nSPS) is 10.4. The monoisotopic (exact) mass is 290 g/mol. The summed E-state index contributed by atoms with van der Waals surface area (Å²) >= 11 is 0. The lowest BCUT2D eigenvalue weighted by molar-refractivity contribution is -0.116. The van der Waals surface area contributed by atoms with Crippen molar-refractivity contribution in [3.05, 3.63) is 52.0 Å². The second-order valence-electron chi connectivity index (χ2n) is 4.66. The van der Waals surface area contributed by atoms with Gasteiger partial charge >= 0.3 is 0 Å². The fourth-order valence-electron chi connectivity index (χ4n) is 1.93. The zero-order valence-electron chi connectivity index (χ0n) is 11.7. The molecule has 0 radical (unpaired) electrons. The summed E-state index contributed by atoms with van der Waals surface area (Å²) in [6.45, 7) is 3.08. The summed E-state index contributed by atoms with van der Waals surface area (Å²) < 4.78 is 14.7. The molecular formula is C14H15FN4O2. The van der Waals surface area contributed by atoms with E-state index < -0.39 is 11.7 Å². The van der Waals surface area contributed by atoms with Gasteiger partial charge in [0.2, 0.25) is 5.91 Å². The Morgan fingerprint density at radius 1 is 1.38 bits per heavy atom. The zero-order valence-corrected chi connectivity index (χ0v) is 11.7. The molecular weight excluding hydrogens is 275 g/mol. The summed E-state index contributed by atoms with van der Waals surface area (Å²) in [6.07, 6.45) is 0. The first-order chi connectivity index (χ1) is 9.86. The van der Waals surface area contributed by atoms with Crippen molar-refractivity contribution in [3.63, 3.8) is 0 Å². The van der Waals surface area contributed by atoms with Gasteiger partial charge in [0, 0.05) is 17.4 Å². The molecule has 0 saturated heterocycles. The van der Waals surface area contributed by atoms with E-state index in [4.69, 9.17) is 5.73 Å². The van der Waals surface area contributed by atoms with Gasteiger partial charge in [0.25, 0.3) is 5.56 Å². The summed E-state index contributed by atoms with van der Waals surface area (Å²) in [5.74, 6) is -0.706. The average molecular weight is 290 g/mol. The number of nitrogens with two attached hydrogens (primary N) is 1. The number of benzene rings is 1. The van der Waals surface area contributed by atoms with E-state index in [0.717, 1.165) is 6.07 Å². The van der Waals surface area contributed by atoms with Gasteiger partial charge in [-0.1, -0.05) is 0 Å². The molecule has 1 aromatic heterocycles. The Kier molecular flexibility index (Phi) is 4.02. The van der Waals surface area contributed by atoms with Crippen LogP contribution < -0.4 is 16.6 Å². The van der Waals surface area contributed by atoms with Crippen LogP contribution in [0, 0.1) is 19.7 Å². The van der Waals surface area contributed by atoms with Crippen LogP contribution in [0.1, 0.15) is 11.5 Å². The standard InChI is InChI=1S/C14H15FN4O2/c1-8-5-14(21)19(9(2)17-8)7-13(20)18-12-6-10(16)3-4-11(12)15/h3-6H,7,16H2,1-2H3,(H,18,20). The third-order valence-electron chi connectivity index (χ3n) is 2.89. The Balaban J connectivity index is 2.20. The third-order valence-corrected chi connectivity index (χ3v) is 2.89. The first kappa shape index (κ1) is 14.7. The lowest BCUT2D eigenvalue weighted by Gasteiger charge is -2.11. The number of aryl methyl sites for hydroxylation is 2. The molecule has 0 atom stereocenters. The van der Waals surface area contributed by atoms with Gasteiger partial charge < -0.3 is 11.1 Å². The van der Waals surface area contributed by atoms with Crippen molar-refractivity contribution in [1.29, 1.82) is 0 Å². The number of hydrogen-bond donors (Lipinski definition) is 2. The highest BCUT2D eigenvalue weighted by Gasteiger charge is 2.11. The van der Waals surface area contributed by atoms with Crippen molar-refractivity contribution in [2.75, 3.05) is 11.1 Å².